The lowest BCUT2D eigenvalue weighted by Crippen LogP contribution is -2.39. The van der Waals surface area contributed by atoms with Gasteiger partial charge in [-0.05, 0) is 44.6 Å². The van der Waals surface area contributed by atoms with E-state index in [1.54, 1.807) is 6.33 Å². The minimum Gasteiger partial charge on any atom is -0.301 e. The lowest BCUT2D eigenvalue weighted by Gasteiger charge is -2.35. The summed E-state index contributed by atoms with van der Waals surface area (Å²) in [7, 11) is 0. The molecular weight excluding hydrogens is 224 g/mol. The molecule has 0 spiro atoms. The van der Waals surface area contributed by atoms with Crippen LogP contribution in [0.1, 0.15) is 38.1 Å². The van der Waals surface area contributed by atoms with Gasteiger partial charge >= 0.3 is 0 Å². The van der Waals surface area contributed by atoms with Crippen LogP contribution in [-0.2, 0) is 0 Å². The van der Waals surface area contributed by atoms with E-state index in [-0.39, 0.29) is 0 Å². The fourth-order valence-electron chi connectivity index (χ4n) is 3.21. The zero-order valence-electron chi connectivity index (χ0n) is 10.9. The molecule has 4 nitrogen and oxygen atoms in total. The highest BCUT2D eigenvalue weighted by Gasteiger charge is 2.23. The van der Waals surface area contributed by atoms with E-state index in [2.05, 4.69) is 27.1 Å². The molecule has 1 aromatic heterocycles. The summed E-state index contributed by atoms with van der Waals surface area (Å²) in [5.41, 5.74) is 0. The van der Waals surface area contributed by atoms with Crippen molar-refractivity contribution < 1.29 is 0 Å². The number of aromatic nitrogens is 3. The van der Waals surface area contributed by atoms with Gasteiger partial charge in [0.1, 0.15) is 12.7 Å². The maximum absolute atomic E-state index is 4.29. The highest BCUT2D eigenvalue weighted by atomic mass is 15.3. The first-order valence-corrected chi connectivity index (χ1v) is 7.13. The van der Waals surface area contributed by atoms with Gasteiger partial charge in [-0.15, -0.1) is 0 Å². The van der Waals surface area contributed by atoms with Gasteiger partial charge in [-0.25, -0.2) is 9.67 Å². The zero-order chi connectivity index (χ0) is 12.2. The number of nitrogens with zero attached hydrogens (tertiary/aromatic N) is 4. The number of hydrogen-bond acceptors (Lipinski definition) is 3. The highest BCUT2D eigenvalue weighted by molar-refractivity contribution is 4.91. The third kappa shape index (κ3) is 2.80. The fourth-order valence-corrected chi connectivity index (χ4v) is 3.21. The molecule has 0 bridgehead atoms. The standard InChI is InChI=1S/C14H22N4/c1-2-5-13(6-3-1)9-17-8-4-7-14(10-17)18-12-15-11-16-18/h1-2,11-14H,3-10H2/t13-,14-/m1/s1. The molecule has 2 aliphatic rings. The Balaban J connectivity index is 1.55. The number of allylic oxidation sites excluding steroid dienone is 2. The van der Waals surface area contributed by atoms with E-state index in [4.69, 9.17) is 0 Å². The summed E-state index contributed by atoms with van der Waals surface area (Å²) in [6.07, 6.45) is 14.6. The molecule has 0 amide bonds. The molecule has 0 aromatic carbocycles. The van der Waals surface area contributed by atoms with Crippen LogP contribution in [0.5, 0.6) is 0 Å². The van der Waals surface area contributed by atoms with Crippen molar-refractivity contribution in [2.45, 2.75) is 38.1 Å². The minimum atomic E-state index is 0.528. The van der Waals surface area contributed by atoms with Gasteiger partial charge in [0.15, 0.2) is 0 Å². The molecular formula is C14H22N4. The quantitative estimate of drug-likeness (QED) is 0.767. The first-order valence-electron chi connectivity index (χ1n) is 7.13. The van der Waals surface area contributed by atoms with Crippen molar-refractivity contribution in [3.8, 4) is 0 Å². The molecule has 3 rings (SSSR count). The van der Waals surface area contributed by atoms with E-state index < -0.39 is 0 Å². The highest BCUT2D eigenvalue weighted by Crippen LogP contribution is 2.24. The van der Waals surface area contributed by atoms with E-state index in [9.17, 15) is 0 Å². The molecule has 0 radical (unpaired) electrons. The second kappa shape index (κ2) is 5.65. The summed E-state index contributed by atoms with van der Waals surface area (Å²) in [5, 5.41) is 4.29. The summed E-state index contributed by atoms with van der Waals surface area (Å²) in [5.74, 6) is 0.865. The van der Waals surface area contributed by atoms with E-state index in [1.807, 2.05) is 11.0 Å². The smallest absolute Gasteiger partial charge is 0.137 e. The summed E-state index contributed by atoms with van der Waals surface area (Å²) in [6, 6.07) is 0.528. The third-order valence-corrected chi connectivity index (χ3v) is 4.19. The average molecular weight is 246 g/mol. The zero-order valence-corrected chi connectivity index (χ0v) is 10.9. The van der Waals surface area contributed by atoms with Gasteiger partial charge in [0.2, 0.25) is 0 Å². The molecule has 18 heavy (non-hydrogen) atoms. The van der Waals surface area contributed by atoms with Gasteiger partial charge < -0.3 is 4.90 Å². The SMILES string of the molecule is C1=CC[C@@H](CN2CCC[C@@H](n3cncn3)C2)CC1. The summed E-state index contributed by atoms with van der Waals surface area (Å²) < 4.78 is 2.03. The fraction of sp³-hybridized carbons (Fsp3) is 0.714. The van der Waals surface area contributed by atoms with Gasteiger partial charge in [0, 0.05) is 13.1 Å². The Morgan fingerprint density at radius 2 is 2.22 bits per heavy atom. The van der Waals surface area contributed by atoms with Crippen LogP contribution >= 0.6 is 0 Å². The van der Waals surface area contributed by atoms with Gasteiger partial charge in [0.05, 0.1) is 6.04 Å². The minimum absolute atomic E-state index is 0.528. The third-order valence-electron chi connectivity index (χ3n) is 4.19. The molecule has 0 unspecified atom stereocenters. The molecule has 1 aromatic rings. The van der Waals surface area contributed by atoms with Crippen molar-refractivity contribution in [2.24, 2.45) is 5.92 Å². The molecule has 1 saturated heterocycles. The van der Waals surface area contributed by atoms with Crippen molar-refractivity contribution in [1.29, 1.82) is 0 Å². The molecule has 1 fully saturated rings. The maximum Gasteiger partial charge on any atom is 0.137 e. The van der Waals surface area contributed by atoms with Crippen LogP contribution < -0.4 is 0 Å². The largest absolute Gasteiger partial charge is 0.301 e. The molecule has 1 aliphatic carbocycles. The van der Waals surface area contributed by atoms with E-state index in [0.29, 0.717) is 6.04 Å². The molecule has 0 saturated carbocycles. The predicted molar refractivity (Wildman–Crippen MR) is 71.2 cm³/mol. The molecule has 98 valence electrons. The topological polar surface area (TPSA) is 34.0 Å². The van der Waals surface area contributed by atoms with Gasteiger partial charge in [-0.2, -0.15) is 5.10 Å². The Morgan fingerprint density at radius 1 is 1.22 bits per heavy atom. The second-order valence-corrected chi connectivity index (χ2v) is 5.58. The van der Waals surface area contributed by atoms with Crippen LogP contribution in [0, 0.1) is 5.92 Å². The van der Waals surface area contributed by atoms with Crippen LogP contribution in [0.15, 0.2) is 24.8 Å². The van der Waals surface area contributed by atoms with Crippen molar-refractivity contribution in [2.75, 3.05) is 19.6 Å². The van der Waals surface area contributed by atoms with Crippen molar-refractivity contribution in [1.82, 2.24) is 19.7 Å². The maximum atomic E-state index is 4.29. The van der Waals surface area contributed by atoms with Crippen molar-refractivity contribution >= 4 is 0 Å². The molecule has 2 heterocycles. The number of likely N-dealkylation sites (tertiary alicyclic amines) is 1. The molecule has 0 N–H and O–H groups in total. The van der Waals surface area contributed by atoms with Crippen molar-refractivity contribution in [3.63, 3.8) is 0 Å². The Labute approximate surface area is 109 Å². The Hall–Kier alpha value is -1.16. The Kier molecular flexibility index (Phi) is 3.74. The molecule has 2 atom stereocenters. The van der Waals surface area contributed by atoms with Crippen LogP contribution in [0.3, 0.4) is 0 Å². The average Bonchev–Trinajstić information content (AvgIpc) is 2.94. The van der Waals surface area contributed by atoms with E-state index in [0.717, 1.165) is 12.5 Å². The van der Waals surface area contributed by atoms with Crippen LogP contribution in [0.25, 0.3) is 0 Å². The molecule has 4 heteroatoms. The summed E-state index contributed by atoms with van der Waals surface area (Å²) >= 11 is 0. The van der Waals surface area contributed by atoms with Crippen LogP contribution in [-0.4, -0.2) is 39.3 Å². The van der Waals surface area contributed by atoms with Crippen LogP contribution in [0.4, 0.5) is 0 Å². The predicted octanol–water partition coefficient (Wildman–Crippen LogP) is 2.27. The molecule has 1 aliphatic heterocycles. The normalized spacial score (nSPS) is 29.6. The van der Waals surface area contributed by atoms with E-state index in [1.165, 1.54) is 45.2 Å². The number of hydrogen-bond donors (Lipinski definition) is 0. The Morgan fingerprint density at radius 3 is 3.00 bits per heavy atom. The summed E-state index contributed by atoms with van der Waals surface area (Å²) in [4.78, 5) is 6.69. The lowest BCUT2D eigenvalue weighted by atomic mass is 9.93. The van der Waals surface area contributed by atoms with Gasteiger partial charge in [-0.3, -0.25) is 0 Å². The monoisotopic (exact) mass is 246 g/mol. The first-order chi connectivity index (χ1) is 8.92. The summed E-state index contributed by atoms with van der Waals surface area (Å²) in [6.45, 7) is 3.66. The van der Waals surface area contributed by atoms with Crippen LogP contribution in [0.2, 0.25) is 0 Å². The van der Waals surface area contributed by atoms with Crippen molar-refractivity contribution in [3.05, 3.63) is 24.8 Å². The Bertz CT molecular complexity index is 385. The van der Waals surface area contributed by atoms with Gasteiger partial charge in [0.25, 0.3) is 0 Å². The second-order valence-electron chi connectivity index (χ2n) is 5.58. The number of rotatable bonds is 3. The van der Waals surface area contributed by atoms with Gasteiger partial charge in [-0.1, -0.05) is 12.2 Å². The first kappa shape index (κ1) is 11.9. The number of piperidine rings is 1. The lowest BCUT2D eigenvalue weighted by molar-refractivity contribution is 0.144. The van der Waals surface area contributed by atoms with E-state index >= 15 is 0 Å².